The highest BCUT2D eigenvalue weighted by molar-refractivity contribution is 5.99. The van der Waals surface area contributed by atoms with E-state index in [9.17, 15) is 0 Å². The Morgan fingerprint density at radius 3 is 1.41 bits per heavy atom. The molecule has 66 heavy (non-hydrogen) atoms. The molecule has 2 nitrogen and oxygen atoms in total. The van der Waals surface area contributed by atoms with Crippen LogP contribution >= 0.6 is 0 Å². The van der Waals surface area contributed by atoms with Gasteiger partial charge in [0.15, 0.2) is 0 Å². The minimum Gasteiger partial charge on any atom is -0.464 e. The number of hydrogen-bond acceptors (Lipinski definition) is 2. The van der Waals surface area contributed by atoms with Gasteiger partial charge < -0.3 is 9.32 Å². The first-order chi connectivity index (χ1) is 32.8. The van der Waals surface area contributed by atoms with Crippen molar-refractivity contribution in [1.82, 2.24) is 0 Å². The molecule has 0 spiro atoms. The molecule has 0 atom stereocenters. The highest BCUT2D eigenvalue weighted by Crippen LogP contribution is 2.61. The Bertz CT molecular complexity index is 3490. The van der Waals surface area contributed by atoms with Crippen LogP contribution < -0.4 is 4.90 Å². The number of benzene rings is 10. The largest absolute Gasteiger partial charge is 0.464 e. The van der Waals surface area contributed by atoms with E-state index in [1.54, 1.807) is 6.26 Å². The summed E-state index contributed by atoms with van der Waals surface area (Å²) in [5, 5.41) is 1.09. The topological polar surface area (TPSA) is 16.4 Å². The fraction of sp³-hybridized carbons (Fsp3) is 0.0312. The van der Waals surface area contributed by atoms with Crippen LogP contribution in [-0.2, 0) is 10.8 Å². The van der Waals surface area contributed by atoms with E-state index in [0.29, 0.717) is 0 Å². The molecule has 1 aromatic heterocycles. The van der Waals surface area contributed by atoms with Crippen LogP contribution in [0.15, 0.2) is 265 Å². The Hall–Kier alpha value is -8.46. The van der Waals surface area contributed by atoms with E-state index in [-0.39, 0.29) is 0 Å². The predicted molar refractivity (Wildman–Crippen MR) is 271 cm³/mol. The monoisotopic (exact) mass is 841 g/mol. The number of hydrogen-bond donors (Lipinski definition) is 0. The number of para-hydroxylation sites is 1. The van der Waals surface area contributed by atoms with E-state index >= 15 is 0 Å². The molecule has 10 aromatic carbocycles. The van der Waals surface area contributed by atoms with Gasteiger partial charge in [-0.25, -0.2) is 0 Å². The standard InChI is InChI=1S/C64H43NO/c1-5-20-46(21-6-1)63(47-22-7-2-8-23-47)57-32-16-14-29-55(57)61-58(63)33-18-34-60(61)65(50-37-35-44(36-38-50)52-30-17-19-45-41-42-66-62(45)52)51-39-40-54-53-28-13-15-31-56(53)64(59(54)43-51,48-24-9-3-10-25-48)49-26-11-4-12-27-49/h1-43H. The van der Waals surface area contributed by atoms with Crippen molar-refractivity contribution in [2.45, 2.75) is 10.8 Å². The number of fused-ring (bicyclic) bond motifs is 7. The lowest BCUT2D eigenvalue weighted by atomic mass is 9.67. The molecule has 0 aliphatic heterocycles. The van der Waals surface area contributed by atoms with Crippen molar-refractivity contribution in [2.75, 3.05) is 4.90 Å². The molecule has 0 saturated carbocycles. The molecule has 310 valence electrons. The molecular formula is C64H43NO. The van der Waals surface area contributed by atoms with Gasteiger partial charge in [-0.15, -0.1) is 0 Å². The Labute approximate surface area is 385 Å². The van der Waals surface area contributed by atoms with Crippen molar-refractivity contribution in [3.63, 3.8) is 0 Å². The van der Waals surface area contributed by atoms with Crippen LogP contribution in [-0.4, -0.2) is 0 Å². The van der Waals surface area contributed by atoms with Crippen molar-refractivity contribution in [3.8, 4) is 33.4 Å². The molecule has 0 fully saturated rings. The van der Waals surface area contributed by atoms with Crippen LogP contribution in [0.3, 0.4) is 0 Å². The van der Waals surface area contributed by atoms with Crippen LogP contribution in [0.1, 0.15) is 44.5 Å². The molecular weight excluding hydrogens is 799 g/mol. The minimum atomic E-state index is -0.553. The summed E-state index contributed by atoms with van der Waals surface area (Å²) in [6.45, 7) is 0. The third kappa shape index (κ3) is 5.42. The van der Waals surface area contributed by atoms with Crippen molar-refractivity contribution in [2.24, 2.45) is 0 Å². The van der Waals surface area contributed by atoms with E-state index in [2.05, 4.69) is 254 Å². The fourth-order valence-corrected chi connectivity index (χ4v) is 11.7. The second-order valence-electron chi connectivity index (χ2n) is 17.5. The van der Waals surface area contributed by atoms with Crippen LogP contribution in [0.2, 0.25) is 0 Å². The second-order valence-corrected chi connectivity index (χ2v) is 17.5. The van der Waals surface area contributed by atoms with Gasteiger partial charge in [0, 0.05) is 27.9 Å². The summed E-state index contributed by atoms with van der Waals surface area (Å²) >= 11 is 0. The van der Waals surface area contributed by atoms with Gasteiger partial charge in [-0.05, 0) is 103 Å². The maximum absolute atomic E-state index is 6.05. The Morgan fingerprint density at radius 1 is 0.318 bits per heavy atom. The van der Waals surface area contributed by atoms with Crippen molar-refractivity contribution < 1.29 is 4.42 Å². The van der Waals surface area contributed by atoms with E-state index in [0.717, 1.165) is 39.2 Å². The van der Waals surface area contributed by atoms with E-state index in [1.807, 2.05) is 6.07 Å². The normalized spacial score (nSPS) is 13.7. The first-order valence-corrected chi connectivity index (χ1v) is 22.8. The molecule has 0 amide bonds. The molecule has 0 bridgehead atoms. The average molecular weight is 842 g/mol. The maximum atomic E-state index is 6.05. The number of rotatable bonds is 8. The molecule has 2 aliphatic rings. The van der Waals surface area contributed by atoms with Gasteiger partial charge >= 0.3 is 0 Å². The van der Waals surface area contributed by atoms with Gasteiger partial charge in [-0.1, -0.05) is 218 Å². The molecule has 11 aromatic rings. The van der Waals surface area contributed by atoms with E-state index in [4.69, 9.17) is 4.42 Å². The summed E-state index contributed by atoms with van der Waals surface area (Å²) < 4.78 is 6.05. The van der Waals surface area contributed by atoms with Gasteiger partial charge in [-0.3, -0.25) is 0 Å². The lowest BCUT2D eigenvalue weighted by Gasteiger charge is -2.35. The molecule has 1 heterocycles. The highest BCUT2D eigenvalue weighted by atomic mass is 16.3. The zero-order valence-electron chi connectivity index (χ0n) is 36.2. The molecule has 0 N–H and O–H groups in total. The van der Waals surface area contributed by atoms with E-state index in [1.165, 1.54) is 66.8 Å². The number of nitrogens with zero attached hydrogens (tertiary/aromatic N) is 1. The first-order valence-electron chi connectivity index (χ1n) is 22.8. The van der Waals surface area contributed by atoms with Crippen molar-refractivity contribution in [1.29, 1.82) is 0 Å². The molecule has 0 saturated heterocycles. The van der Waals surface area contributed by atoms with Crippen LogP contribution in [0.25, 0.3) is 44.3 Å². The average Bonchev–Trinajstić information content (AvgIpc) is 4.09. The SMILES string of the molecule is c1ccc(C2(c3ccccc3)c3ccccc3-c3ccc(N(c4ccc(-c5cccc6ccoc56)cc4)c4cccc5c4-c4ccccc4C5(c4ccccc4)c4ccccc4)cc32)cc1. The van der Waals surface area contributed by atoms with Gasteiger partial charge in [-0.2, -0.15) is 0 Å². The third-order valence-corrected chi connectivity index (χ3v) is 14.3. The third-order valence-electron chi connectivity index (χ3n) is 14.3. The van der Waals surface area contributed by atoms with Crippen LogP contribution in [0.4, 0.5) is 17.1 Å². The Morgan fingerprint density at radius 2 is 0.788 bits per heavy atom. The van der Waals surface area contributed by atoms with Crippen LogP contribution in [0, 0.1) is 0 Å². The summed E-state index contributed by atoms with van der Waals surface area (Å²) in [5.41, 5.74) is 20.3. The van der Waals surface area contributed by atoms with Gasteiger partial charge in [0.05, 0.1) is 22.8 Å². The molecule has 0 unspecified atom stereocenters. The molecule has 2 aliphatic carbocycles. The lowest BCUT2D eigenvalue weighted by Crippen LogP contribution is -2.29. The summed E-state index contributed by atoms with van der Waals surface area (Å²) in [4.78, 5) is 2.50. The summed E-state index contributed by atoms with van der Waals surface area (Å²) in [7, 11) is 0. The van der Waals surface area contributed by atoms with Crippen LogP contribution in [0.5, 0.6) is 0 Å². The van der Waals surface area contributed by atoms with Gasteiger partial charge in [0.1, 0.15) is 5.58 Å². The molecule has 0 radical (unpaired) electrons. The zero-order valence-corrected chi connectivity index (χ0v) is 36.2. The number of furan rings is 1. The highest BCUT2D eigenvalue weighted by Gasteiger charge is 2.49. The predicted octanol–water partition coefficient (Wildman–Crippen LogP) is 16.3. The summed E-state index contributed by atoms with van der Waals surface area (Å²) in [6.07, 6.45) is 1.78. The summed E-state index contributed by atoms with van der Waals surface area (Å²) in [6, 6.07) is 93.9. The smallest absolute Gasteiger partial charge is 0.141 e. The summed E-state index contributed by atoms with van der Waals surface area (Å²) in [5.74, 6) is 0. The molecule has 2 heteroatoms. The minimum absolute atomic E-state index is 0.545. The molecule has 13 rings (SSSR count). The van der Waals surface area contributed by atoms with Crippen molar-refractivity contribution in [3.05, 3.63) is 306 Å². The fourth-order valence-electron chi connectivity index (χ4n) is 11.7. The lowest BCUT2D eigenvalue weighted by molar-refractivity contribution is 0.617. The quantitative estimate of drug-likeness (QED) is 0.152. The first kappa shape index (κ1) is 38.0. The Balaban J connectivity index is 1.10. The van der Waals surface area contributed by atoms with Crippen molar-refractivity contribution >= 4 is 28.0 Å². The maximum Gasteiger partial charge on any atom is 0.141 e. The second kappa shape index (κ2) is 15.1. The van der Waals surface area contributed by atoms with Gasteiger partial charge in [0.2, 0.25) is 0 Å². The number of anilines is 3. The van der Waals surface area contributed by atoms with E-state index < -0.39 is 10.8 Å². The van der Waals surface area contributed by atoms with Gasteiger partial charge in [0.25, 0.3) is 0 Å². The Kier molecular flexibility index (Phi) is 8.69. The zero-order chi connectivity index (χ0) is 43.7.